The Morgan fingerprint density at radius 3 is 1.66 bits per heavy atom. The van der Waals surface area contributed by atoms with Crippen molar-refractivity contribution in [3.8, 4) is 39.3 Å². The standard InChI is InChI=1S/C39H26N2/c1-3-13-27(14-4-1)28-23-25-29(26-24-28)37-31-17-7-9-19-33(31)38(34-20-10-8-18-32(34)37)39-40-35-21-11-12-22-36(35)41(39)30-15-5-2-6-16-30/h1-26H/i1D,3D,4D,13D,14D. The van der Waals surface area contributed by atoms with Gasteiger partial charge >= 0.3 is 0 Å². The van der Waals surface area contributed by atoms with Gasteiger partial charge in [0.25, 0.3) is 0 Å². The number of hydrogen-bond donors (Lipinski definition) is 0. The molecule has 1 aromatic heterocycles. The molecular formula is C39H26N2. The van der Waals surface area contributed by atoms with Gasteiger partial charge in [0, 0.05) is 11.3 Å². The zero-order valence-electron chi connectivity index (χ0n) is 27.0. The SMILES string of the molecule is [2H]c1c([2H])c([2H])c(-c2ccc(-c3c4ccccc4c(-c4nc5ccccc5n4-c4ccccc4)c4ccccc34)cc2)c([2H])c1[2H]. The third-order valence-electron chi connectivity index (χ3n) is 7.69. The normalized spacial score (nSPS) is 13.1. The molecule has 0 fully saturated rings. The Bertz CT molecular complexity index is 2380. The maximum absolute atomic E-state index is 8.45. The Kier molecular flexibility index (Phi) is 4.40. The third-order valence-corrected chi connectivity index (χ3v) is 7.69. The van der Waals surface area contributed by atoms with Gasteiger partial charge in [-0.1, -0.05) is 133 Å². The van der Waals surface area contributed by atoms with Gasteiger partial charge in [-0.2, -0.15) is 0 Å². The minimum Gasteiger partial charge on any atom is -0.292 e. The van der Waals surface area contributed by atoms with Crippen molar-refractivity contribution in [1.82, 2.24) is 9.55 Å². The van der Waals surface area contributed by atoms with E-state index < -0.39 is 6.04 Å². The van der Waals surface area contributed by atoms with Crippen LogP contribution in [0.4, 0.5) is 0 Å². The maximum Gasteiger partial charge on any atom is 0.146 e. The van der Waals surface area contributed by atoms with E-state index in [1.807, 2.05) is 72.8 Å². The summed E-state index contributed by atoms with van der Waals surface area (Å²) >= 11 is 0. The molecule has 0 N–H and O–H groups in total. The highest BCUT2D eigenvalue weighted by Gasteiger charge is 2.21. The van der Waals surface area contributed by atoms with E-state index in [0.29, 0.717) is 5.56 Å². The molecule has 7 aromatic carbocycles. The van der Waals surface area contributed by atoms with E-state index in [1.54, 1.807) is 0 Å². The predicted octanol–water partition coefficient (Wildman–Crippen LogP) is 10.3. The summed E-state index contributed by atoms with van der Waals surface area (Å²) in [5.74, 6) is 0.864. The van der Waals surface area contributed by atoms with Crippen molar-refractivity contribution in [3.63, 3.8) is 0 Å². The fourth-order valence-electron chi connectivity index (χ4n) is 5.91. The van der Waals surface area contributed by atoms with Crippen molar-refractivity contribution >= 4 is 32.6 Å². The van der Waals surface area contributed by atoms with Crippen LogP contribution in [-0.4, -0.2) is 9.55 Å². The van der Waals surface area contributed by atoms with Gasteiger partial charge in [-0.05, 0) is 68.1 Å². The van der Waals surface area contributed by atoms with Gasteiger partial charge in [0.1, 0.15) is 5.82 Å². The largest absolute Gasteiger partial charge is 0.292 e. The monoisotopic (exact) mass is 527 g/mol. The molecule has 2 heteroatoms. The molecule has 0 atom stereocenters. The Balaban J connectivity index is 1.40. The molecule has 0 saturated heterocycles. The van der Waals surface area contributed by atoms with Crippen LogP contribution in [0.5, 0.6) is 0 Å². The van der Waals surface area contributed by atoms with E-state index in [1.165, 1.54) is 0 Å². The number of para-hydroxylation sites is 3. The molecule has 192 valence electrons. The van der Waals surface area contributed by atoms with Crippen LogP contribution in [0.2, 0.25) is 0 Å². The van der Waals surface area contributed by atoms with E-state index >= 15 is 0 Å². The third kappa shape index (κ3) is 3.84. The van der Waals surface area contributed by atoms with E-state index in [9.17, 15) is 0 Å². The first-order valence-corrected chi connectivity index (χ1v) is 13.6. The van der Waals surface area contributed by atoms with Crippen molar-refractivity contribution < 1.29 is 6.85 Å². The first-order chi connectivity index (χ1) is 22.4. The van der Waals surface area contributed by atoms with Crippen molar-refractivity contribution in [2.24, 2.45) is 0 Å². The molecule has 0 radical (unpaired) electrons. The molecule has 1 heterocycles. The number of aromatic nitrogens is 2. The molecule has 8 rings (SSSR count). The Hall–Kier alpha value is -5.47. The number of hydrogen-bond acceptors (Lipinski definition) is 1. The second-order valence-corrected chi connectivity index (χ2v) is 10.0. The lowest BCUT2D eigenvalue weighted by Gasteiger charge is -2.18. The van der Waals surface area contributed by atoms with Crippen molar-refractivity contribution in [2.75, 3.05) is 0 Å². The van der Waals surface area contributed by atoms with Gasteiger partial charge in [-0.15, -0.1) is 0 Å². The highest BCUT2D eigenvalue weighted by atomic mass is 15.1. The fraction of sp³-hybridized carbons (Fsp3) is 0. The second kappa shape index (κ2) is 9.62. The molecule has 0 amide bonds. The molecular weight excluding hydrogens is 496 g/mol. The van der Waals surface area contributed by atoms with Crippen molar-refractivity contribution in [3.05, 3.63) is 158 Å². The Morgan fingerprint density at radius 1 is 0.463 bits per heavy atom. The topological polar surface area (TPSA) is 17.8 Å². The van der Waals surface area contributed by atoms with Gasteiger partial charge in [0.15, 0.2) is 0 Å². The second-order valence-electron chi connectivity index (χ2n) is 10.0. The molecule has 0 spiro atoms. The highest BCUT2D eigenvalue weighted by Crippen LogP contribution is 2.44. The number of fused-ring (bicyclic) bond motifs is 3. The van der Waals surface area contributed by atoms with Crippen LogP contribution in [0.1, 0.15) is 6.85 Å². The molecule has 0 bridgehead atoms. The van der Waals surface area contributed by atoms with Crippen molar-refractivity contribution in [2.45, 2.75) is 0 Å². The van der Waals surface area contributed by atoms with Gasteiger partial charge in [0.05, 0.1) is 17.9 Å². The van der Waals surface area contributed by atoms with E-state index in [-0.39, 0.29) is 29.7 Å². The number of imidazole rings is 1. The summed E-state index contributed by atoms with van der Waals surface area (Å²) in [6.45, 7) is 0. The average Bonchev–Trinajstić information content (AvgIpc) is 3.48. The lowest BCUT2D eigenvalue weighted by atomic mass is 9.87. The zero-order chi connectivity index (χ0) is 31.5. The van der Waals surface area contributed by atoms with Crippen LogP contribution in [0.25, 0.3) is 71.9 Å². The molecule has 0 saturated carbocycles. The molecule has 41 heavy (non-hydrogen) atoms. The Morgan fingerprint density at radius 2 is 1.00 bits per heavy atom. The molecule has 0 aliphatic carbocycles. The summed E-state index contributed by atoms with van der Waals surface area (Å²) in [6.07, 6.45) is 0. The number of rotatable bonds is 4. The molecule has 0 aliphatic rings. The molecule has 2 nitrogen and oxygen atoms in total. The molecule has 0 unspecified atom stereocenters. The summed E-state index contributed by atoms with van der Waals surface area (Å²) < 4.78 is 43.4. The summed E-state index contributed by atoms with van der Waals surface area (Å²) in [7, 11) is 0. The minimum atomic E-state index is -0.394. The van der Waals surface area contributed by atoms with Gasteiger partial charge < -0.3 is 0 Å². The highest BCUT2D eigenvalue weighted by molar-refractivity contribution is 6.21. The van der Waals surface area contributed by atoms with Crippen molar-refractivity contribution in [1.29, 1.82) is 0 Å². The smallest absolute Gasteiger partial charge is 0.146 e. The van der Waals surface area contributed by atoms with E-state index in [0.717, 1.165) is 60.8 Å². The maximum atomic E-state index is 8.45. The van der Waals surface area contributed by atoms with Crippen LogP contribution in [0.3, 0.4) is 0 Å². The first kappa shape index (κ1) is 18.8. The zero-order valence-corrected chi connectivity index (χ0v) is 22.0. The summed E-state index contributed by atoms with van der Waals surface area (Å²) in [5, 5.41) is 4.27. The predicted molar refractivity (Wildman–Crippen MR) is 172 cm³/mol. The van der Waals surface area contributed by atoms with Crippen LogP contribution in [0, 0.1) is 0 Å². The van der Waals surface area contributed by atoms with E-state index in [4.69, 9.17) is 11.8 Å². The van der Waals surface area contributed by atoms with Crippen LogP contribution in [-0.2, 0) is 0 Å². The van der Waals surface area contributed by atoms with Crippen LogP contribution >= 0.6 is 0 Å². The lowest BCUT2D eigenvalue weighted by molar-refractivity contribution is 1.11. The average molecular weight is 528 g/mol. The van der Waals surface area contributed by atoms with E-state index in [2.05, 4.69) is 59.2 Å². The fourth-order valence-corrected chi connectivity index (χ4v) is 5.91. The minimum absolute atomic E-state index is 0.197. The summed E-state index contributed by atoms with van der Waals surface area (Å²) in [6, 6.07) is 41.5. The van der Waals surface area contributed by atoms with Gasteiger partial charge in [0.2, 0.25) is 0 Å². The molecule has 0 aliphatic heterocycles. The quantitative estimate of drug-likeness (QED) is 0.208. The lowest BCUT2D eigenvalue weighted by Crippen LogP contribution is -1.99. The number of benzene rings is 7. The Labute approximate surface area is 245 Å². The number of nitrogens with zero attached hydrogens (tertiary/aromatic N) is 2. The molecule has 8 aromatic rings. The van der Waals surface area contributed by atoms with Crippen LogP contribution in [0.15, 0.2) is 158 Å². The van der Waals surface area contributed by atoms with Gasteiger partial charge in [-0.25, -0.2) is 4.98 Å². The first-order valence-electron chi connectivity index (χ1n) is 16.1. The van der Waals surface area contributed by atoms with Crippen LogP contribution < -0.4 is 0 Å². The summed E-state index contributed by atoms with van der Waals surface area (Å²) in [4.78, 5) is 5.23. The van der Waals surface area contributed by atoms with Gasteiger partial charge in [-0.3, -0.25) is 4.57 Å². The summed E-state index contributed by atoms with van der Waals surface area (Å²) in [5.41, 5.74) is 6.82.